The monoisotopic (exact) mass is 281 g/mol. The first-order valence-electron chi connectivity index (χ1n) is 5.73. The van der Waals surface area contributed by atoms with Crippen LogP contribution in [0.1, 0.15) is 17.3 Å². The molecule has 0 aliphatic heterocycles. The van der Waals surface area contributed by atoms with Gasteiger partial charge < -0.3 is 15.2 Å². The van der Waals surface area contributed by atoms with Gasteiger partial charge in [-0.25, -0.2) is 0 Å². The van der Waals surface area contributed by atoms with Crippen molar-refractivity contribution in [2.45, 2.75) is 6.04 Å². The Morgan fingerprint density at radius 2 is 1.95 bits per heavy atom. The molecule has 0 radical (unpaired) electrons. The molecular formula is C13H16ClN3O2. The topological polar surface area (TPSA) is 62.3 Å². The summed E-state index contributed by atoms with van der Waals surface area (Å²) in [6.07, 6.45) is 1.63. The molecule has 102 valence electrons. The predicted molar refractivity (Wildman–Crippen MR) is 73.8 cm³/mol. The van der Waals surface area contributed by atoms with Crippen LogP contribution in [0.2, 0.25) is 5.02 Å². The SMILES string of the molecule is COc1ccc(Cl)cc1C(N)c1c(OC)cnn1C. The minimum absolute atomic E-state index is 0.434. The minimum atomic E-state index is -0.434. The largest absolute Gasteiger partial charge is 0.496 e. The van der Waals surface area contributed by atoms with Crippen LogP contribution in [0, 0.1) is 0 Å². The van der Waals surface area contributed by atoms with Crippen LogP contribution in [-0.4, -0.2) is 24.0 Å². The van der Waals surface area contributed by atoms with E-state index in [0.717, 1.165) is 11.3 Å². The van der Waals surface area contributed by atoms with Crippen LogP contribution >= 0.6 is 11.6 Å². The fraction of sp³-hybridized carbons (Fsp3) is 0.308. The molecule has 6 heteroatoms. The maximum absolute atomic E-state index is 6.30. The number of hydrogen-bond donors (Lipinski definition) is 1. The van der Waals surface area contributed by atoms with E-state index in [1.165, 1.54) is 0 Å². The molecular weight excluding hydrogens is 266 g/mol. The Morgan fingerprint density at radius 3 is 2.58 bits per heavy atom. The van der Waals surface area contributed by atoms with E-state index in [9.17, 15) is 0 Å². The first-order valence-corrected chi connectivity index (χ1v) is 6.11. The lowest BCUT2D eigenvalue weighted by Gasteiger charge is -2.17. The number of nitrogens with two attached hydrogens (primary N) is 1. The van der Waals surface area contributed by atoms with Crippen LogP contribution < -0.4 is 15.2 Å². The molecule has 0 fully saturated rings. The minimum Gasteiger partial charge on any atom is -0.496 e. The smallest absolute Gasteiger partial charge is 0.161 e. The molecule has 2 N–H and O–H groups in total. The summed E-state index contributed by atoms with van der Waals surface area (Å²) >= 11 is 6.03. The van der Waals surface area contributed by atoms with Crippen LogP contribution in [-0.2, 0) is 7.05 Å². The van der Waals surface area contributed by atoms with Crippen LogP contribution in [0.25, 0.3) is 0 Å². The fourth-order valence-electron chi connectivity index (χ4n) is 2.03. The second kappa shape index (κ2) is 5.50. The summed E-state index contributed by atoms with van der Waals surface area (Å²) in [4.78, 5) is 0. The fourth-order valence-corrected chi connectivity index (χ4v) is 2.21. The number of hydrogen-bond acceptors (Lipinski definition) is 4. The van der Waals surface area contributed by atoms with Gasteiger partial charge in [0.15, 0.2) is 5.75 Å². The molecule has 1 heterocycles. The highest BCUT2D eigenvalue weighted by molar-refractivity contribution is 6.30. The zero-order valence-electron chi connectivity index (χ0n) is 11.1. The van der Waals surface area contributed by atoms with Gasteiger partial charge in [0.1, 0.15) is 11.4 Å². The number of halogens is 1. The summed E-state index contributed by atoms with van der Waals surface area (Å²) in [6.45, 7) is 0. The van der Waals surface area contributed by atoms with Crippen LogP contribution in [0.15, 0.2) is 24.4 Å². The highest BCUT2D eigenvalue weighted by Crippen LogP contribution is 2.34. The summed E-state index contributed by atoms with van der Waals surface area (Å²) in [6, 6.07) is 4.91. The summed E-state index contributed by atoms with van der Waals surface area (Å²) in [5, 5.41) is 4.75. The van der Waals surface area contributed by atoms with Gasteiger partial charge in [0, 0.05) is 17.6 Å². The van der Waals surface area contributed by atoms with Crippen molar-refractivity contribution in [3.8, 4) is 11.5 Å². The van der Waals surface area contributed by atoms with Gasteiger partial charge in [-0.15, -0.1) is 0 Å². The number of nitrogens with zero attached hydrogens (tertiary/aromatic N) is 2. The number of methoxy groups -OCH3 is 2. The molecule has 19 heavy (non-hydrogen) atoms. The van der Waals surface area contributed by atoms with Crippen molar-refractivity contribution in [1.82, 2.24) is 9.78 Å². The van der Waals surface area contributed by atoms with Crippen molar-refractivity contribution in [3.05, 3.63) is 40.7 Å². The average molecular weight is 282 g/mol. The van der Waals surface area contributed by atoms with Gasteiger partial charge in [-0.05, 0) is 18.2 Å². The first kappa shape index (κ1) is 13.7. The van der Waals surface area contributed by atoms with Crippen molar-refractivity contribution in [3.63, 3.8) is 0 Å². The zero-order chi connectivity index (χ0) is 14.0. The normalized spacial score (nSPS) is 12.3. The van der Waals surface area contributed by atoms with Gasteiger partial charge in [0.2, 0.25) is 0 Å². The van der Waals surface area contributed by atoms with Crippen LogP contribution in [0.3, 0.4) is 0 Å². The zero-order valence-corrected chi connectivity index (χ0v) is 11.8. The quantitative estimate of drug-likeness (QED) is 0.933. The van der Waals surface area contributed by atoms with Crippen molar-refractivity contribution < 1.29 is 9.47 Å². The molecule has 0 aliphatic carbocycles. The third-order valence-corrected chi connectivity index (χ3v) is 3.23. The van der Waals surface area contributed by atoms with Crippen molar-refractivity contribution in [2.24, 2.45) is 12.8 Å². The lowest BCUT2D eigenvalue weighted by molar-refractivity contribution is 0.398. The van der Waals surface area contributed by atoms with E-state index in [2.05, 4.69) is 5.10 Å². The average Bonchev–Trinajstić information content (AvgIpc) is 2.79. The van der Waals surface area contributed by atoms with Gasteiger partial charge >= 0.3 is 0 Å². The molecule has 1 aromatic heterocycles. The highest BCUT2D eigenvalue weighted by Gasteiger charge is 2.22. The van der Waals surface area contributed by atoms with Crippen molar-refractivity contribution in [1.29, 1.82) is 0 Å². The third kappa shape index (κ3) is 2.52. The van der Waals surface area contributed by atoms with Crippen molar-refractivity contribution >= 4 is 11.6 Å². The molecule has 0 amide bonds. The molecule has 2 aromatic rings. The Morgan fingerprint density at radius 1 is 1.26 bits per heavy atom. The third-order valence-electron chi connectivity index (χ3n) is 2.99. The van der Waals surface area contributed by atoms with Crippen molar-refractivity contribution in [2.75, 3.05) is 14.2 Å². The Bertz CT molecular complexity index is 583. The van der Waals surface area contributed by atoms with E-state index in [0.29, 0.717) is 16.5 Å². The molecule has 1 unspecified atom stereocenters. The van der Waals surface area contributed by atoms with E-state index in [1.807, 2.05) is 7.05 Å². The summed E-state index contributed by atoms with van der Waals surface area (Å²) in [7, 11) is 5.00. The number of aryl methyl sites for hydroxylation is 1. The lowest BCUT2D eigenvalue weighted by atomic mass is 10.0. The first-order chi connectivity index (χ1) is 9.08. The molecule has 0 spiro atoms. The molecule has 2 rings (SSSR count). The van der Waals surface area contributed by atoms with E-state index >= 15 is 0 Å². The maximum Gasteiger partial charge on any atom is 0.161 e. The molecule has 0 aliphatic rings. The Hall–Kier alpha value is -1.72. The molecule has 0 bridgehead atoms. The summed E-state index contributed by atoms with van der Waals surface area (Å²) in [5.41, 5.74) is 7.86. The lowest BCUT2D eigenvalue weighted by Crippen LogP contribution is -2.17. The molecule has 1 aromatic carbocycles. The number of benzene rings is 1. The second-order valence-electron chi connectivity index (χ2n) is 4.09. The summed E-state index contributed by atoms with van der Waals surface area (Å²) in [5.74, 6) is 1.32. The number of rotatable bonds is 4. The van der Waals surface area contributed by atoms with Gasteiger partial charge in [-0.1, -0.05) is 11.6 Å². The molecule has 5 nitrogen and oxygen atoms in total. The van der Waals surface area contributed by atoms with E-state index in [4.69, 9.17) is 26.8 Å². The molecule has 0 saturated heterocycles. The van der Waals surface area contributed by atoms with Gasteiger partial charge in [0.25, 0.3) is 0 Å². The summed E-state index contributed by atoms with van der Waals surface area (Å²) < 4.78 is 12.3. The van der Waals surface area contributed by atoms with Crippen LogP contribution in [0.5, 0.6) is 11.5 Å². The molecule has 1 atom stereocenters. The van der Waals surface area contributed by atoms with E-state index in [1.54, 1.807) is 43.3 Å². The van der Waals surface area contributed by atoms with E-state index in [-0.39, 0.29) is 0 Å². The van der Waals surface area contributed by atoms with Crippen LogP contribution in [0.4, 0.5) is 0 Å². The maximum atomic E-state index is 6.30. The Labute approximate surface area is 116 Å². The number of ether oxygens (including phenoxy) is 2. The molecule has 0 saturated carbocycles. The standard InChI is InChI=1S/C13H16ClN3O2/c1-17-13(11(19-3)7-16-17)12(15)9-6-8(14)4-5-10(9)18-2/h4-7,12H,15H2,1-3H3. The number of aromatic nitrogens is 2. The Kier molecular flexibility index (Phi) is 3.97. The van der Waals surface area contributed by atoms with Gasteiger partial charge in [-0.2, -0.15) is 5.10 Å². The highest BCUT2D eigenvalue weighted by atomic mass is 35.5. The second-order valence-corrected chi connectivity index (χ2v) is 4.52. The Balaban J connectivity index is 2.51. The van der Waals surface area contributed by atoms with E-state index < -0.39 is 6.04 Å². The predicted octanol–water partition coefficient (Wildman–Crippen LogP) is 2.14. The van der Waals surface area contributed by atoms with Gasteiger partial charge in [-0.3, -0.25) is 4.68 Å². The van der Waals surface area contributed by atoms with Gasteiger partial charge in [0.05, 0.1) is 26.5 Å².